The second-order valence-corrected chi connectivity index (χ2v) is 5.32. The Balaban J connectivity index is 1.76. The molecule has 0 radical (unpaired) electrons. The Morgan fingerprint density at radius 1 is 1.36 bits per heavy atom. The molecule has 1 atom stereocenters. The Labute approximate surface area is 126 Å². The molecule has 3 N–H and O–H groups in total. The number of H-pyrrole nitrogens is 1. The van der Waals surface area contributed by atoms with Crippen LogP contribution in [0.15, 0.2) is 18.2 Å². The van der Waals surface area contributed by atoms with Gasteiger partial charge in [-0.1, -0.05) is 6.07 Å². The molecule has 1 aliphatic heterocycles. The van der Waals surface area contributed by atoms with Gasteiger partial charge in [0.25, 0.3) is 5.91 Å². The third kappa shape index (κ3) is 2.71. The predicted octanol–water partition coefficient (Wildman–Crippen LogP) is 1.82. The van der Waals surface area contributed by atoms with Gasteiger partial charge in [-0.15, -0.1) is 0 Å². The lowest BCUT2D eigenvalue weighted by molar-refractivity contribution is 0.0933. The van der Waals surface area contributed by atoms with Crippen molar-refractivity contribution in [1.82, 2.24) is 20.8 Å². The van der Waals surface area contributed by atoms with Crippen LogP contribution in [0.1, 0.15) is 40.3 Å². The van der Waals surface area contributed by atoms with Crippen molar-refractivity contribution in [3.63, 3.8) is 0 Å². The fourth-order valence-electron chi connectivity index (χ4n) is 2.54. The van der Waals surface area contributed by atoms with E-state index in [-0.39, 0.29) is 5.91 Å². The van der Waals surface area contributed by atoms with Gasteiger partial charge < -0.3 is 10.6 Å². The van der Waals surface area contributed by atoms with Gasteiger partial charge in [-0.2, -0.15) is 5.10 Å². The first-order valence-corrected chi connectivity index (χ1v) is 7.09. The summed E-state index contributed by atoms with van der Waals surface area (Å²) in [5.41, 5.74) is 2.66. The number of aromatic nitrogens is 2. The van der Waals surface area contributed by atoms with Crippen molar-refractivity contribution in [2.45, 2.75) is 25.9 Å². The summed E-state index contributed by atoms with van der Waals surface area (Å²) in [5, 5.41) is 12.9. The summed E-state index contributed by atoms with van der Waals surface area (Å²) < 4.78 is 26.2. The number of aromatic amines is 1. The van der Waals surface area contributed by atoms with E-state index in [4.69, 9.17) is 0 Å². The minimum absolute atomic E-state index is 0.335. The molecule has 0 aliphatic carbocycles. The van der Waals surface area contributed by atoms with Gasteiger partial charge in [-0.05, 0) is 24.6 Å². The fourth-order valence-corrected chi connectivity index (χ4v) is 2.54. The molecule has 116 valence electrons. The number of hydrogen-bond donors (Lipinski definition) is 3. The van der Waals surface area contributed by atoms with E-state index >= 15 is 0 Å². The van der Waals surface area contributed by atoms with Crippen LogP contribution in [0.3, 0.4) is 0 Å². The van der Waals surface area contributed by atoms with Crippen molar-refractivity contribution in [3.8, 4) is 0 Å². The van der Waals surface area contributed by atoms with Gasteiger partial charge in [-0.25, -0.2) is 8.78 Å². The third-order valence-electron chi connectivity index (χ3n) is 3.81. The van der Waals surface area contributed by atoms with Crippen LogP contribution in [0, 0.1) is 11.6 Å². The zero-order chi connectivity index (χ0) is 15.7. The largest absolute Gasteiger partial charge is 0.344 e. The quantitative estimate of drug-likeness (QED) is 0.810. The third-order valence-corrected chi connectivity index (χ3v) is 3.81. The molecule has 0 spiro atoms. The van der Waals surface area contributed by atoms with Gasteiger partial charge >= 0.3 is 0 Å². The normalized spacial score (nSPS) is 15.2. The van der Waals surface area contributed by atoms with Crippen molar-refractivity contribution in [1.29, 1.82) is 0 Å². The molecule has 7 heteroatoms. The summed E-state index contributed by atoms with van der Waals surface area (Å²) in [5.74, 6) is -2.17. The van der Waals surface area contributed by atoms with E-state index in [2.05, 4.69) is 20.8 Å². The van der Waals surface area contributed by atoms with Gasteiger partial charge in [0.05, 0.1) is 6.04 Å². The van der Waals surface area contributed by atoms with Crippen molar-refractivity contribution >= 4 is 5.91 Å². The number of carbonyl (C=O) groups excluding carboxylic acids is 1. The highest BCUT2D eigenvalue weighted by Gasteiger charge is 2.23. The summed E-state index contributed by atoms with van der Waals surface area (Å²) in [6.45, 7) is 3.15. The summed E-state index contributed by atoms with van der Waals surface area (Å²) in [4.78, 5) is 12.3. The second-order valence-electron chi connectivity index (χ2n) is 5.32. The van der Waals surface area contributed by atoms with E-state index in [1.54, 1.807) is 6.92 Å². The number of benzene rings is 1. The van der Waals surface area contributed by atoms with Crippen molar-refractivity contribution in [2.75, 3.05) is 6.54 Å². The Kier molecular flexibility index (Phi) is 3.89. The lowest BCUT2D eigenvalue weighted by Crippen LogP contribution is -2.30. The molecule has 22 heavy (non-hydrogen) atoms. The van der Waals surface area contributed by atoms with Crippen molar-refractivity contribution < 1.29 is 13.6 Å². The lowest BCUT2D eigenvalue weighted by atomic mass is 10.1. The number of amides is 1. The molecule has 1 unspecified atom stereocenters. The van der Waals surface area contributed by atoms with Gasteiger partial charge in [0.1, 0.15) is 0 Å². The van der Waals surface area contributed by atoms with Crippen LogP contribution in [-0.4, -0.2) is 22.6 Å². The van der Waals surface area contributed by atoms with Gasteiger partial charge in [0.2, 0.25) is 0 Å². The van der Waals surface area contributed by atoms with Crippen molar-refractivity contribution in [2.24, 2.45) is 0 Å². The molecule has 2 aromatic rings. The molecular formula is C15H16F2N4O. The Morgan fingerprint density at radius 3 is 2.95 bits per heavy atom. The standard InChI is InChI=1S/C15H16F2N4O/c1-8(9-2-3-11(16)12(17)6-9)19-15(22)14-10-7-18-5-4-13(10)20-21-14/h2-3,6,8,18H,4-5,7H2,1H3,(H,19,22)(H,20,21). The van der Waals surface area contributed by atoms with Crippen LogP contribution in [0.5, 0.6) is 0 Å². The van der Waals surface area contributed by atoms with Crippen LogP contribution in [0.4, 0.5) is 8.78 Å². The molecule has 0 fully saturated rings. The van der Waals surface area contributed by atoms with Crippen molar-refractivity contribution in [3.05, 3.63) is 52.3 Å². The molecule has 1 aliphatic rings. The smallest absolute Gasteiger partial charge is 0.272 e. The topological polar surface area (TPSA) is 69.8 Å². The molecule has 0 bridgehead atoms. The molecule has 0 saturated heterocycles. The zero-order valence-corrected chi connectivity index (χ0v) is 12.0. The lowest BCUT2D eigenvalue weighted by Gasteiger charge is -2.16. The maximum absolute atomic E-state index is 13.3. The second kappa shape index (κ2) is 5.84. The first-order valence-electron chi connectivity index (χ1n) is 7.09. The fraction of sp³-hybridized carbons (Fsp3) is 0.333. The molecular weight excluding hydrogens is 290 g/mol. The molecule has 3 rings (SSSR count). The Morgan fingerprint density at radius 2 is 2.18 bits per heavy atom. The highest BCUT2D eigenvalue weighted by atomic mass is 19.2. The number of halogens is 2. The molecule has 2 heterocycles. The Bertz CT molecular complexity index is 714. The van der Waals surface area contributed by atoms with Gasteiger partial charge in [-0.3, -0.25) is 9.89 Å². The van der Waals surface area contributed by atoms with Crippen LogP contribution in [0.2, 0.25) is 0 Å². The summed E-state index contributed by atoms with van der Waals surface area (Å²) in [6, 6.07) is 3.13. The van der Waals surface area contributed by atoms with Crippen LogP contribution >= 0.6 is 0 Å². The summed E-state index contributed by atoms with van der Waals surface area (Å²) in [6.07, 6.45) is 0.800. The molecule has 5 nitrogen and oxygen atoms in total. The minimum Gasteiger partial charge on any atom is -0.344 e. The van der Waals surface area contributed by atoms with E-state index in [0.717, 1.165) is 36.4 Å². The maximum Gasteiger partial charge on any atom is 0.272 e. The average Bonchev–Trinajstić information content (AvgIpc) is 2.94. The molecule has 1 aromatic carbocycles. The minimum atomic E-state index is -0.931. The monoisotopic (exact) mass is 306 g/mol. The summed E-state index contributed by atoms with van der Waals surface area (Å²) >= 11 is 0. The van der Waals surface area contributed by atoms with Gasteiger partial charge in [0.15, 0.2) is 17.3 Å². The summed E-state index contributed by atoms with van der Waals surface area (Å²) in [7, 11) is 0. The highest BCUT2D eigenvalue weighted by molar-refractivity contribution is 5.94. The Hall–Kier alpha value is -2.28. The molecule has 1 aromatic heterocycles. The number of nitrogens with zero attached hydrogens (tertiary/aromatic N) is 1. The van der Waals surface area contributed by atoms with E-state index in [0.29, 0.717) is 17.8 Å². The van der Waals surface area contributed by atoms with E-state index in [1.165, 1.54) is 6.07 Å². The van der Waals surface area contributed by atoms with E-state index < -0.39 is 17.7 Å². The number of rotatable bonds is 3. The number of hydrogen-bond acceptors (Lipinski definition) is 3. The maximum atomic E-state index is 13.3. The zero-order valence-electron chi connectivity index (χ0n) is 12.0. The van der Waals surface area contributed by atoms with Crippen LogP contribution < -0.4 is 10.6 Å². The number of fused-ring (bicyclic) bond motifs is 1. The average molecular weight is 306 g/mol. The first-order chi connectivity index (χ1) is 10.6. The number of carbonyl (C=O) groups is 1. The molecule has 0 saturated carbocycles. The van der Waals surface area contributed by atoms with E-state index in [1.807, 2.05) is 0 Å². The molecule has 1 amide bonds. The van der Waals surface area contributed by atoms with Gasteiger partial charge in [0, 0.05) is 30.8 Å². The number of nitrogens with one attached hydrogen (secondary N) is 3. The van der Waals surface area contributed by atoms with Crippen LogP contribution in [0.25, 0.3) is 0 Å². The highest BCUT2D eigenvalue weighted by Crippen LogP contribution is 2.19. The van der Waals surface area contributed by atoms with E-state index in [9.17, 15) is 13.6 Å². The van der Waals surface area contributed by atoms with Crippen LogP contribution in [-0.2, 0) is 13.0 Å². The first kappa shape index (κ1) is 14.6. The SMILES string of the molecule is CC(NC(=O)c1n[nH]c2c1CNCC2)c1ccc(F)c(F)c1. The predicted molar refractivity (Wildman–Crippen MR) is 76.2 cm³/mol.